The number of likely N-dealkylation sites (N-methyl/N-ethyl adjacent to an activating group) is 1. The molecule has 0 aliphatic rings. The van der Waals surface area contributed by atoms with Gasteiger partial charge in [-0.2, -0.15) is 11.3 Å². The molecule has 0 bridgehead atoms. The van der Waals surface area contributed by atoms with E-state index in [-0.39, 0.29) is 24.0 Å². The first kappa shape index (κ1) is 17.7. The van der Waals surface area contributed by atoms with Crippen molar-refractivity contribution in [1.82, 2.24) is 4.90 Å². The quantitative estimate of drug-likeness (QED) is 0.816. The number of nitrogens with zero attached hydrogens (tertiary/aromatic N) is 1. The van der Waals surface area contributed by atoms with E-state index in [2.05, 4.69) is 5.32 Å². The largest absolute Gasteiger partial charge is 0.452 e. The maximum absolute atomic E-state index is 12.0. The lowest BCUT2D eigenvalue weighted by molar-refractivity contribution is -0.133. The second-order valence-electron chi connectivity index (χ2n) is 5.22. The van der Waals surface area contributed by atoms with E-state index >= 15 is 0 Å². The molecular formula is C17H18N2O4S. The number of hydrogen-bond acceptors (Lipinski definition) is 5. The lowest BCUT2D eigenvalue weighted by Crippen LogP contribution is -2.30. The van der Waals surface area contributed by atoms with Gasteiger partial charge in [-0.1, -0.05) is 6.07 Å². The Bertz CT molecular complexity index is 728. The number of thiophene rings is 1. The third kappa shape index (κ3) is 5.20. The molecule has 2 amide bonds. The fraction of sp³-hybridized carbons (Fsp3) is 0.235. The Morgan fingerprint density at radius 2 is 2.04 bits per heavy atom. The first-order valence-electron chi connectivity index (χ1n) is 7.25. The lowest BCUT2D eigenvalue weighted by Gasteiger charge is -2.16. The fourth-order valence-electron chi connectivity index (χ4n) is 1.99. The van der Waals surface area contributed by atoms with Gasteiger partial charge in [-0.25, -0.2) is 4.79 Å². The van der Waals surface area contributed by atoms with Crippen molar-refractivity contribution in [2.24, 2.45) is 0 Å². The summed E-state index contributed by atoms with van der Waals surface area (Å²) in [6, 6.07) is 8.30. The van der Waals surface area contributed by atoms with E-state index in [1.165, 1.54) is 17.9 Å². The number of anilines is 1. The third-order valence-corrected chi connectivity index (χ3v) is 3.90. The number of benzene rings is 1. The smallest absolute Gasteiger partial charge is 0.338 e. The highest BCUT2D eigenvalue weighted by atomic mass is 32.1. The van der Waals surface area contributed by atoms with Crippen LogP contribution in [0.4, 0.5) is 5.69 Å². The number of ether oxygens (including phenoxy) is 1. The number of nitrogens with one attached hydrogen (secondary N) is 1. The highest BCUT2D eigenvalue weighted by molar-refractivity contribution is 7.07. The molecule has 1 aromatic heterocycles. The molecule has 1 aromatic carbocycles. The summed E-state index contributed by atoms with van der Waals surface area (Å²) < 4.78 is 5.05. The highest BCUT2D eigenvalue weighted by Gasteiger charge is 2.14. The van der Waals surface area contributed by atoms with Gasteiger partial charge in [0.1, 0.15) is 0 Å². The second-order valence-corrected chi connectivity index (χ2v) is 6.00. The van der Waals surface area contributed by atoms with E-state index in [4.69, 9.17) is 4.74 Å². The summed E-state index contributed by atoms with van der Waals surface area (Å²) in [6.07, 6.45) is 0. The van der Waals surface area contributed by atoms with Crippen molar-refractivity contribution in [2.45, 2.75) is 13.5 Å². The Hall–Kier alpha value is -2.67. The Balaban J connectivity index is 1.88. The van der Waals surface area contributed by atoms with Crippen LogP contribution in [0.25, 0.3) is 0 Å². The van der Waals surface area contributed by atoms with Crippen LogP contribution in [-0.4, -0.2) is 36.3 Å². The molecule has 0 saturated heterocycles. The van der Waals surface area contributed by atoms with Crippen LogP contribution in [-0.2, 0) is 20.9 Å². The molecule has 0 spiro atoms. The molecule has 0 aliphatic heterocycles. The number of rotatable bonds is 6. The molecule has 0 atom stereocenters. The van der Waals surface area contributed by atoms with Gasteiger partial charge in [0.15, 0.2) is 6.61 Å². The van der Waals surface area contributed by atoms with Crippen molar-refractivity contribution in [3.63, 3.8) is 0 Å². The fourth-order valence-corrected chi connectivity index (χ4v) is 2.65. The summed E-state index contributed by atoms with van der Waals surface area (Å²) in [6.45, 7) is 1.52. The first-order valence-corrected chi connectivity index (χ1v) is 8.20. The average molecular weight is 346 g/mol. The van der Waals surface area contributed by atoms with E-state index in [9.17, 15) is 14.4 Å². The molecule has 0 unspecified atom stereocenters. The van der Waals surface area contributed by atoms with E-state index in [0.29, 0.717) is 12.2 Å². The maximum atomic E-state index is 12.0. The van der Waals surface area contributed by atoms with Crippen molar-refractivity contribution in [3.8, 4) is 0 Å². The zero-order valence-corrected chi connectivity index (χ0v) is 14.3. The second kappa shape index (κ2) is 8.26. The van der Waals surface area contributed by atoms with E-state index < -0.39 is 5.97 Å². The predicted octanol–water partition coefficient (Wildman–Crippen LogP) is 2.52. The standard InChI is InChI=1S/C17H18N2O4S/c1-12(20)18-15-5-3-4-14(8-15)17(22)23-10-16(21)19(2)9-13-6-7-24-11-13/h3-8,11H,9-10H2,1-2H3,(H,18,20). The lowest BCUT2D eigenvalue weighted by atomic mass is 10.2. The molecule has 7 heteroatoms. The summed E-state index contributed by atoms with van der Waals surface area (Å²) in [5.74, 6) is -1.13. The van der Waals surface area contributed by atoms with Gasteiger partial charge in [0.2, 0.25) is 5.91 Å². The molecule has 2 aromatic rings. The van der Waals surface area contributed by atoms with Crippen LogP contribution in [0.1, 0.15) is 22.8 Å². The van der Waals surface area contributed by atoms with Crippen molar-refractivity contribution in [3.05, 3.63) is 52.2 Å². The molecule has 126 valence electrons. The zero-order valence-electron chi connectivity index (χ0n) is 13.4. The van der Waals surface area contributed by atoms with Gasteiger partial charge < -0.3 is 15.0 Å². The van der Waals surface area contributed by atoms with Crippen LogP contribution in [0.2, 0.25) is 0 Å². The predicted molar refractivity (Wildman–Crippen MR) is 91.8 cm³/mol. The molecule has 6 nitrogen and oxygen atoms in total. The number of hydrogen-bond donors (Lipinski definition) is 1. The third-order valence-electron chi connectivity index (χ3n) is 3.17. The molecule has 0 fully saturated rings. The van der Waals surface area contributed by atoms with Gasteiger partial charge in [0.05, 0.1) is 5.56 Å². The van der Waals surface area contributed by atoms with Gasteiger partial charge >= 0.3 is 5.97 Å². The summed E-state index contributed by atoms with van der Waals surface area (Å²) in [5.41, 5.74) is 1.80. The first-order chi connectivity index (χ1) is 11.5. The van der Waals surface area contributed by atoms with Crippen LogP contribution in [0.3, 0.4) is 0 Å². The molecule has 1 heterocycles. The molecule has 2 rings (SSSR count). The van der Waals surface area contributed by atoms with Crippen LogP contribution < -0.4 is 5.32 Å². The Morgan fingerprint density at radius 3 is 2.71 bits per heavy atom. The number of esters is 1. The Morgan fingerprint density at radius 1 is 1.25 bits per heavy atom. The molecule has 0 aliphatic carbocycles. The monoisotopic (exact) mass is 346 g/mol. The van der Waals surface area contributed by atoms with Crippen LogP contribution >= 0.6 is 11.3 Å². The topological polar surface area (TPSA) is 75.7 Å². The Kier molecular flexibility index (Phi) is 6.08. The normalized spacial score (nSPS) is 10.1. The summed E-state index contributed by atoms with van der Waals surface area (Å²) in [7, 11) is 1.66. The summed E-state index contributed by atoms with van der Waals surface area (Å²) in [5, 5.41) is 6.49. The number of carbonyl (C=O) groups excluding carboxylic acids is 3. The maximum Gasteiger partial charge on any atom is 0.338 e. The van der Waals surface area contributed by atoms with E-state index in [1.54, 1.807) is 36.6 Å². The van der Waals surface area contributed by atoms with Gasteiger partial charge in [-0.15, -0.1) is 0 Å². The molecule has 0 radical (unpaired) electrons. The zero-order chi connectivity index (χ0) is 17.5. The van der Waals surface area contributed by atoms with Crippen molar-refractivity contribution in [2.75, 3.05) is 19.0 Å². The van der Waals surface area contributed by atoms with E-state index in [1.807, 2.05) is 16.8 Å². The van der Waals surface area contributed by atoms with Gasteiger partial charge in [0.25, 0.3) is 5.91 Å². The SMILES string of the molecule is CC(=O)Nc1cccc(C(=O)OCC(=O)N(C)Cc2ccsc2)c1. The van der Waals surface area contributed by atoms with Crippen LogP contribution in [0.5, 0.6) is 0 Å². The average Bonchev–Trinajstić information content (AvgIpc) is 3.04. The molecule has 0 saturated carbocycles. The van der Waals surface area contributed by atoms with Gasteiger partial charge in [-0.3, -0.25) is 9.59 Å². The van der Waals surface area contributed by atoms with Crippen LogP contribution in [0, 0.1) is 0 Å². The van der Waals surface area contributed by atoms with Crippen molar-refractivity contribution >= 4 is 34.8 Å². The Labute approximate surface area is 144 Å². The van der Waals surface area contributed by atoms with E-state index in [0.717, 1.165) is 5.56 Å². The minimum atomic E-state index is -0.612. The summed E-state index contributed by atoms with van der Waals surface area (Å²) >= 11 is 1.56. The molecule has 1 N–H and O–H groups in total. The summed E-state index contributed by atoms with van der Waals surface area (Å²) in [4.78, 5) is 36.6. The number of amides is 2. The van der Waals surface area contributed by atoms with Crippen molar-refractivity contribution < 1.29 is 19.1 Å². The van der Waals surface area contributed by atoms with Gasteiger partial charge in [-0.05, 0) is 40.6 Å². The van der Waals surface area contributed by atoms with Crippen molar-refractivity contribution in [1.29, 1.82) is 0 Å². The molecule has 24 heavy (non-hydrogen) atoms. The minimum absolute atomic E-state index is 0.231. The van der Waals surface area contributed by atoms with Crippen LogP contribution in [0.15, 0.2) is 41.1 Å². The highest BCUT2D eigenvalue weighted by Crippen LogP contribution is 2.12. The van der Waals surface area contributed by atoms with Gasteiger partial charge in [0, 0.05) is 26.2 Å². The minimum Gasteiger partial charge on any atom is -0.452 e. The molecular weight excluding hydrogens is 328 g/mol. The number of carbonyl (C=O) groups is 3.